The minimum Gasteiger partial charge on any atom is -0.351 e. The van der Waals surface area contributed by atoms with Gasteiger partial charge in [0.05, 0.1) is 4.90 Å². The number of carbonyl (C=O) groups is 1. The van der Waals surface area contributed by atoms with E-state index in [2.05, 4.69) is 17.2 Å². The molecule has 0 heterocycles. The van der Waals surface area contributed by atoms with E-state index in [0.29, 0.717) is 30.1 Å². The molecular weight excluding hydrogens is 264 g/mol. The van der Waals surface area contributed by atoms with Gasteiger partial charge in [-0.1, -0.05) is 18.7 Å². The van der Waals surface area contributed by atoms with E-state index < -0.39 is 11.1 Å². The fraction of sp³-hybridized carbons (Fsp3) is 0.308. The van der Waals surface area contributed by atoms with Crippen LogP contribution < -0.4 is 10.6 Å². The average Bonchev–Trinajstić information content (AvgIpc) is 2.38. The standard InChI is InChI=1S/C13H18N2O3S/c1-10(2)13(16)15-8-7-14-9-11-3-5-12(6-4-11)19(17)18/h3-6,14H,1,7-9H2,2H3,(H,15,16)(H,17,18). The third kappa shape index (κ3) is 5.78. The molecule has 0 radical (unpaired) electrons. The largest absolute Gasteiger partial charge is 0.351 e. The van der Waals surface area contributed by atoms with Gasteiger partial charge in [-0.2, -0.15) is 0 Å². The van der Waals surface area contributed by atoms with Crippen molar-refractivity contribution in [1.82, 2.24) is 10.6 Å². The minimum atomic E-state index is -1.93. The highest BCUT2D eigenvalue weighted by Crippen LogP contribution is 2.06. The van der Waals surface area contributed by atoms with Crippen LogP contribution in [0.2, 0.25) is 0 Å². The van der Waals surface area contributed by atoms with Crippen molar-refractivity contribution in [1.29, 1.82) is 0 Å². The van der Waals surface area contributed by atoms with E-state index in [-0.39, 0.29) is 5.91 Å². The van der Waals surface area contributed by atoms with Crippen LogP contribution in [0.3, 0.4) is 0 Å². The smallest absolute Gasteiger partial charge is 0.246 e. The summed E-state index contributed by atoms with van der Waals surface area (Å²) in [7, 11) is 0. The van der Waals surface area contributed by atoms with Crippen molar-refractivity contribution in [2.75, 3.05) is 13.1 Å². The number of benzene rings is 1. The molecule has 0 aromatic heterocycles. The summed E-state index contributed by atoms with van der Waals surface area (Å²) in [6, 6.07) is 6.83. The monoisotopic (exact) mass is 282 g/mol. The molecule has 1 aromatic carbocycles. The zero-order valence-corrected chi connectivity index (χ0v) is 11.6. The topological polar surface area (TPSA) is 78.4 Å². The molecule has 0 saturated heterocycles. The fourth-order valence-electron chi connectivity index (χ4n) is 1.37. The fourth-order valence-corrected chi connectivity index (χ4v) is 1.74. The number of amides is 1. The molecule has 0 fully saturated rings. The van der Waals surface area contributed by atoms with E-state index in [4.69, 9.17) is 4.55 Å². The third-order valence-electron chi connectivity index (χ3n) is 2.43. The normalized spacial score (nSPS) is 11.9. The molecule has 0 saturated carbocycles. The molecule has 19 heavy (non-hydrogen) atoms. The molecule has 0 aliphatic rings. The van der Waals surface area contributed by atoms with Gasteiger partial charge in [-0.15, -0.1) is 0 Å². The molecular formula is C13H18N2O3S. The Kier molecular flexibility index (Phi) is 6.41. The lowest BCUT2D eigenvalue weighted by molar-refractivity contribution is -0.117. The zero-order chi connectivity index (χ0) is 14.3. The van der Waals surface area contributed by atoms with Gasteiger partial charge >= 0.3 is 0 Å². The van der Waals surface area contributed by atoms with Crippen molar-refractivity contribution < 1.29 is 13.6 Å². The van der Waals surface area contributed by atoms with Crippen LogP contribution in [0.15, 0.2) is 41.3 Å². The van der Waals surface area contributed by atoms with Crippen LogP contribution in [-0.4, -0.2) is 27.8 Å². The van der Waals surface area contributed by atoms with Gasteiger partial charge < -0.3 is 15.2 Å². The molecule has 1 amide bonds. The Balaban J connectivity index is 2.24. The highest BCUT2D eigenvalue weighted by atomic mass is 32.2. The van der Waals surface area contributed by atoms with E-state index in [1.165, 1.54) is 0 Å². The van der Waals surface area contributed by atoms with Crippen molar-refractivity contribution in [3.05, 3.63) is 42.0 Å². The zero-order valence-electron chi connectivity index (χ0n) is 10.8. The summed E-state index contributed by atoms with van der Waals surface area (Å²) in [5.74, 6) is -0.142. The summed E-state index contributed by atoms with van der Waals surface area (Å²) in [4.78, 5) is 11.6. The Bertz CT molecular complexity index is 471. The first-order valence-electron chi connectivity index (χ1n) is 5.85. The van der Waals surface area contributed by atoms with E-state index in [0.717, 1.165) is 5.56 Å². The van der Waals surface area contributed by atoms with E-state index >= 15 is 0 Å². The van der Waals surface area contributed by atoms with E-state index in [1.807, 2.05) is 0 Å². The molecule has 1 unspecified atom stereocenters. The summed E-state index contributed by atoms with van der Waals surface area (Å²) in [6.45, 7) is 7.03. The van der Waals surface area contributed by atoms with Gasteiger partial charge in [0.15, 0.2) is 11.1 Å². The predicted octanol–water partition coefficient (Wildman–Crippen LogP) is 1.05. The van der Waals surface area contributed by atoms with Crippen LogP contribution >= 0.6 is 0 Å². The van der Waals surface area contributed by atoms with Crippen LogP contribution in [0.25, 0.3) is 0 Å². The van der Waals surface area contributed by atoms with Gasteiger partial charge in [0.25, 0.3) is 0 Å². The maximum atomic E-state index is 11.2. The van der Waals surface area contributed by atoms with Crippen LogP contribution in [-0.2, 0) is 22.4 Å². The third-order valence-corrected chi connectivity index (χ3v) is 3.10. The van der Waals surface area contributed by atoms with Crippen molar-refractivity contribution in [2.45, 2.75) is 18.4 Å². The van der Waals surface area contributed by atoms with Crippen LogP contribution in [0.1, 0.15) is 12.5 Å². The molecule has 1 rings (SSSR count). The van der Waals surface area contributed by atoms with Crippen molar-refractivity contribution in [2.24, 2.45) is 0 Å². The summed E-state index contributed by atoms with van der Waals surface area (Å²) in [5, 5.41) is 5.88. The minimum absolute atomic E-state index is 0.142. The number of hydrogen-bond acceptors (Lipinski definition) is 3. The molecule has 3 N–H and O–H groups in total. The Labute approximate surface area is 115 Å². The van der Waals surface area contributed by atoms with Gasteiger partial charge in [0, 0.05) is 25.2 Å². The highest BCUT2D eigenvalue weighted by molar-refractivity contribution is 7.79. The first-order chi connectivity index (χ1) is 9.00. The van der Waals surface area contributed by atoms with Crippen molar-refractivity contribution in [3.8, 4) is 0 Å². The molecule has 0 spiro atoms. The molecule has 0 bridgehead atoms. The van der Waals surface area contributed by atoms with Crippen LogP contribution in [0.4, 0.5) is 0 Å². The van der Waals surface area contributed by atoms with Gasteiger partial charge in [-0.3, -0.25) is 4.79 Å². The van der Waals surface area contributed by atoms with Crippen molar-refractivity contribution >= 4 is 17.0 Å². The number of hydrogen-bond donors (Lipinski definition) is 3. The number of nitrogens with one attached hydrogen (secondary N) is 2. The molecule has 1 atom stereocenters. The Morgan fingerprint density at radius 2 is 1.95 bits per heavy atom. The quantitative estimate of drug-likeness (QED) is 0.397. The summed E-state index contributed by atoms with van der Waals surface area (Å²) < 4.78 is 19.6. The Morgan fingerprint density at radius 1 is 1.32 bits per heavy atom. The summed E-state index contributed by atoms with van der Waals surface area (Å²) >= 11 is -1.93. The first kappa shape index (κ1) is 15.6. The summed E-state index contributed by atoms with van der Waals surface area (Å²) in [6.07, 6.45) is 0. The lowest BCUT2D eigenvalue weighted by Crippen LogP contribution is -2.31. The molecule has 1 aromatic rings. The Morgan fingerprint density at radius 3 is 2.47 bits per heavy atom. The molecule has 0 aliphatic carbocycles. The molecule has 6 heteroatoms. The number of carbonyl (C=O) groups excluding carboxylic acids is 1. The van der Waals surface area contributed by atoms with Gasteiger partial charge in [0.1, 0.15) is 0 Å². The molecule has 5 nitrogen and oxygen atoms in total. The highest BCUT2D eigenvalue weighted by Gasteiger charge is 2.00. The first-order valence-corrected chi connectivity index (χ1v) is 6.95. The van der Waals surface area contributed by atoms with Crippen LogP contribution in [0.5, 0.6) is 0 Å². The molecule has 104 valence electrons. The van der Waals surface area contributed by atoms with Crippen LogP contribution in [0, 0.1) is 0 Å². The number of rotatable bonds is 7. The second-order valence-electron chi connectivity index (χ2n) is 4.11. The van der Waals surface area contributed by atoms with Crippen molar-refractivity contribution in [3.63, 3.8) is 0 Å². The summed E-state index contributed by atoms with van der Waals surface area (Å²) in [5.41, 5.74) is 1.51. The second-order valence-corrected chi connectivity index (χ2v) is 5.08. The van der Waals surface area contributed by atoms with Gasteiger partial charge in [-0.05, 0) is 24.6 Å². The maximum Gasteiger partial charge on any atom is 0.246 e. The predicted molar refractivity (Wildman–Crippen MR) is 75.0 cm³/mol. The Hall–Kier alpha value is -1.50. The molecule has 0 aliphatic heterocycles. The van der Waals surface area contributed by atoms with Gasteiger partial charge in [0.2, 0.25) is 5.91 Å². The lowest BCUT2D eigenvalue weighted by atomic mass is 10.2. The lowest BCUT2D eigenvalue weighted by Gasteiger charge is -2.07. The second kappa shape index (κ2) is 7.83. The van der Waals surface area contributed by atoms with E-state index in [1.54, 1.807) is 31.2 Å². The van der Waals surface area contributed by atoms with E-state index in [9.17, 15) is 9.00 Å². The average molecular weight is 282 g/mol. The maximum absolute atomic E-state index is 11.2. The van der Waals surface area contributed by atoms with Gasteiger partial charge in [-0.25, -0.2) is 4.21 Å². The SMILES string of the molecule is C=C(C)C(=O)NCCNCc1ccc(S(=O)O)cc1.